The van der Waals surface area contributed by atoms with Crippen LogP contribution in [0.2, 0.25) is 0 Å². The van der Waals surface area contributed by atoms with E-state index in [2.05, 4.69) is 106 Å². The first kappa shape index (κ1) is 33.4. The Bertz CT molecular complexity index is 2240. The molecule has 2 aliphatic heterocycles. The Hall–Kier alpha value is -6.73. The van der Waals surface area contributed by atoms with E-state index in [-0.39, 0.29) is 12.5 Å². The van der Waals surface area contributed by atoms with Crippen molar-refractivity contribution in [3.05, 3.63) is 192 Å². The Balaban J connectivity index is 1.22. The molecule has 0 saturated heterocycles. The number of carboxylic acids is 1. The van der Waals surface area contributed by atoms with Crippen molar-refractivity contribution in [3.8, 4) is 0 Å². The van der Waals surface area contributed by atoms with E-state index in [1.54, 1.807) is 29.1 Å². The fraction of sp³-hybridized carbons (Fsp3) is 0.109. The lowest BCUT2D eigenvalue weighted by atomic mass is 9.93. The molecule has 1 amide bonds. The van der Waals surface area contributed by atoms with Crippen LogP contribution in [0.5, 0.6) is 0 Å². The lowest BCUT2D eigenvalue weighted by Crippen LogP contribution is -2.37. The second kappa shape index (κ2) is 14.9. The van der Waals surface area contributed by atoms with Gasteiger partial charge in [0.1, 0.15) is 0 Å². The molecule has 2 aliphatic rings. The van der Waals surface area contributed by atoms with Crippen molar-refractivity contribution in [2.45, 2.75) is 19.4 Å². The number of hydrogen-bond donors (Lipinski definition) is 2. The molecule has 0 unspecified atom stereocenters. The molecule has 7 heteroatoms. The van der Waals surface area contributed by atoms with Crippen LogP contribution >= 0.6 is 0 Å². The average Bonchev–Trinajstić information content (AvgIpc) is 3.82. The summed E-state index contributed by atoms with van der Waals surface area (Å²) in [5.41, 5.74) is 12.3. The monoisotopic (exact) mass is 695 g/mol. The smallest absolute Gasteiger partial charge is 0.370 e. The van der Waals surface area contributed by atoms with E-state index < -0.39 is 5.97 Å². The predicted octanol–water partition coefficient (Wildman–Crippen LogP) is 8.60. The minimum absolute atomic E-state index is 0.167. The summed E-state index contributed by atoms with van der Waals surface area (Å²) in [6.45, 7) is 1.66. The van der Waals surface area contributed by atoms with Crippen LogP contribution < -0.4 is 19.7 Å². The third-order valence-electron chi connectivity index (χ3n) is 9.92. The summed E-state index contributed by atoms with van der Waals surface area (Å²) in [6.07, 6.45) is 9.18. The molecule has 0 atom stereocenters. The third-order valence-corrected chi connectivity index (χ3v) is 9.92. The normalized spacial score (nSPS) is 13.3. The lowest BCUT2D eigenvalue weighted by molar-refractivity contribution is -0.685. The number of carbonyl (C=O) groups is 2. The number of fused-ring (bicyclic) bond motifs is 2. The number of amides is 1. The van der Waals surface area contributed by atoms with E-state index in [1.165, 1.54) is 33.9 Å². The molecule has 6 aromatic rings. The number of allylic oxidation sites excluding steroid dienone is 2. The summed E-state index contributed by atoms with van der Waals surface area (Å²) in [4.78, 5) is 30.1. The average molecular weight is 696 g/mol. The van der Waals surface area contributed by atoms with Gasteiger partial charge in [-0.15, -0.1) is 0 Å². The molecule has 0 spiro atoms. The molecule has 8 rings (SSSR count). The molecule has 5 aromatic carbocycles. The zero-order valence-corrected chi connectivity index (χ0v) is 29.2. The maximum absolute atomic E-state index is 14.0. The third kappa shape index (κ3) is 7.23. The van der Waals surface area contributed by atoms with Crippen molar-refractivity contribution >= 4 is 51.5 Å². The van der Waals surface area contributed by atoms with Gasteiger partial charge < -0.3 is 20.2 Å². The molecule has 0 radical (unpaired) electrons. The highest BCUT2D eigenvalue weighted by Crippen LogP contribution is 2.40. The van der Waals surface area contributed by atoms with Crippen molar-refractivity contribution in [3.63, 3.8) is 0 Å². The van der Waals surface area contributed by atoms with Crippen LogP contribution in [-0.2, 0) is 29.0 Å². The van der Waals surface area contributed by atoms with Gasteiger partial charge in [-0.1, -0.05) is 72.8 Å². The highest BCUT2D eigenvalue weighted by atomic mass is 16.4. The molecular formula is C46H39N4O3+. The van der Waals surface area contributed by atoms with E-state index in [1.807, 2.05) is 48.5 Å². The number of para-hydroxylation sites is 3. The van der Waals surface area contributed by atoms with Gasteiger partial charge in [-0.2, -0.15) is 4.57 Å². The van der Waals surface area contributed by atoms with Gasteiger partial charge in [-0.25, -0.2) is 4.79 Å². The van der Waals surface area contributed by atoms with Gasteiger partial charge in [0, 0.05) is 59.2 Å². The van der Waals surface area contributed by atoms with Gasteiger partial charge >= 0.3 is 5.97 Å². The van der Waals surface area contributed by atoms with Crippen LogP contribution in [0.3, 0.4) is 0 Å². The van der Waals surface area contributed by atoms with Crippen molar-refractivity contribution in [1.82, 2.24) is 0 Å². The van der Waals surface area contributed by atoms with E-state index in [4.69, 9.17) is 0 Å². The molecule has 0 fully saturated rings. The Labute approximate surface area is 309 Å². The van der Waals surface area contributed by atoms with Crippen LogP contribution in [-0.4, -0.2) is 30.1 Å². The first-order valence-electron chi connectivity index (χ1n) is 17.9. The molecule has 1 aromatic heterocycles. The maximum atomic E-state index is 14.0. The summed E-state index contributed by atoms with van der Waals surface area (Å²) in [7, 11) is 0. The summed E-state index contributed by atoms with van der Waals surface area (Å²) >= 11 is 0. The van der Waals surface area contributed by atoms with Crippen LogP contribution in [0.1, 0.15) is 27.8 Å². The van der Waals surface area contributed by atoms with Crippen LogP contribution in [0.15, 0.2) is 164 Å². The summed E-state index contributed by atoms with van der Waals surface area (Å²) in [5.74, 6) is -1.20. The number of nitrogens with one attached hydrogen (secondary N) is 1. The van der Waals surface area contributed by atoms with Crippen molar-refractivity contribution < 1.29 is 19.3 Å². The number of rotatable bonds is 10. The van der Waals surface area contributed by atoms with Gasteiger partial charge in [0.05, 0.1) is 0 Å². The van der Waals surface area contributed by atoms with Gasteiger partial charge in [0.25, 0.3) is 5.91 Å². The summed E-state index contributed by atoms with van der Waals surface area (Å²) in [5, 5.41) is 12.4. The number of hydrogen-bond acceptors (Lipinski definition) is 4. The van der Waals surface area contributed by atoms with Crippen molar-refractivity contribution in [2.24, 2.45) is 0 Å². The minimum atomic E-state index is -0.935. The lowest BCUT2D eigenvalue weighted by Gasteiger charge is -2.21. The van der Waals surface area contributed by atoms with Gasteiger partial charge in [-0.3, -0.25) is 4.79 Å². The number of anilines is 5. The van der Waals surface area contributed by atoms with E-state index in [9.17, 15) is 14.7 Å². The first-order valence-corrected chi connectivity index (χ1v) is 17.9. The van der Waals surface area contributed by atoms with Crippen LogP contribution in [0, 0.1) is 0 Å². The zero-order valence-electron chi connectivity index (χ0n) is 29.2. The molecular weight excluding hydrogens is 657 g/mol. The van der Waals surface area contributed by atoms with Gasteiger partial charge in [0.2, 0.25) is 6.54 Å². The standard InChI is InChI=1S/C46H38N4O3/c51-45(52)32-48-26-22-33(23-27-48)42(46(53)47-38-10-4-1-5-11-38)19-18-41(34-16-20-43-36(30-34)24-28-49(43)39-12-6-2-7-13-39)35-17-21-44-37(31-35)25-29-50(44)40-14-8-3-9-15-40/h1-23,26-27,30-31H,24-25,28-29,32H2,(H-,47,51,52,53)/p+1. The quantitative estimate of drug-likeness (QED) is 0.0853. The predicted molar refractivity (Wildman–Crippen MR) is 212 cm³/mol. The summed E-state index contributed by atoms with van der Waals surface area (Å²) in [6, 6.07) is 47.3. The highest BCUT2D eigenvalue weighted by molar-refractivity contribution is 6.25. The van der Waals surface area contributed by atoms with E-state index in [0.717, 1.165) is 42.6 Å². The molecule has 7 nitrogen and oxygen atoms in total. The molecule has 0 saturated carbocycles. The maximum Gasteiger partial charge on any atom is 0.370 e. The second-order valence-electron chi connectivity index (χ2n) is 13.3. The SMILES string of the molecule is O=C(O)C[n+]1ccc(/C(=C\C=C(c2ccc3c(c2)CCN3c2ccccc2)c2ccc3c(c2)CCN3c2ccccc2)C(=O)Nc2ccccc2)cc1. The number of carbonyl (C=O) groups excluding carboxylic acids is 1. The molecule has 3 heterocycles. The fourth-order valence-corrected chi connectivity index (χ4v) is 7.34. The zero-order chi connectivity index (χ0) is 36.1. The molecule has 2 N–H and O–H groups in total. The number of aromatic nitrogens is 1. The highest BCUT2D eigenvalue weighted by Gasteiger charge is 2.24. The van der Waals surface area contributed by atoms with Gasteiger partial charge in [0.15, 0.2) is 12.4 Å². The number of carboxylic acid groups (broad SMARTS) is 1. The summed E-state index contributed by atoms with van der Waals surface area (Å²) < 4.78 is 1.58. The van der Waals surface area contributed by atoms with Crippen molar-refractivity contribution in [1.29, 1.82) is 0 Å². The van der Waals surface area contributed by atoms with Crippen LogP contribution in [0.4, 0.5) is 28.4 Å². The Morgan fingerprint density at radius 3 is 1.64 bits per heavy atom. The molecule has 260 valence electrons. The van der Waals surface area contributed by atoms with E-state index >= 15 is 0 Å². The second-order valence-corrected chi connectivity index (χ2v) is 13.3. The molecule has 0 bridgehead atoms. The number of benzene rings is 5. The largest absolute Gasteiger partial charge is 0.477 e. The minimum Gasteiger partial charge on any atom is -0.477 e. The number of nitrogens with zero attached hydrogens (tertiary/aromatic N) is 3. The van der Waals surface area contributed by atoms with Gasteiger partial charge in [-0.05, 0) is 113 Å². The topological polar surface area (TPSA) is 76.8 Å². The Kier molecular flexibility index (Phi) is 9.37. The molecule has 53 heavy (non-hydrogen) atoms. The molecule has 0 aliphatic carbocycles. The van der Waals surface area contributed by atoms with Crippen LogP contribution in [0.25, 0.3) is 11.1 Å². The Morgan fingerprint density at radius 2 is 1.13 bits per heavy atom. The fourth-order valence-electron chi connectivity index (χ4n) is 7.34. The first-order chi connectivity index (χ1) is 26.0. The number of pyridine rings is 1. The number of aliphatic carboxylic acids is 1. The van der Waals surface area contributed by atoms with E-state index in [0.29, 0.717) is 16.8 Å². The Morgan fingerprint density at radius 1 is 0.623 bits per heavy atom. The van der Waals surface area contributed by atoms with Crippen molar-refractivity contribution in [2.75, 3.05) is 28.2 Å².